The molecule has 0 saturated heterocycles. The minimum atomic E-state index is -1.22. The van der Waals surface area contributed by atoms with Crippen molar-refractivity contribution in [3.63, 3.8) is 0 Å². The molecule has 0 bridgehead atoms. The molecule has 13 nitrogen and oxygen atoms in total. The van der Waals surface area contributed by atoms with Crippen LogP contribution < -0.4 is 31.7 Å². The van der Waals surface area contributed by atoms with Crippen molar-refractivity contribution in [2.24, 2.45) is 11.7 Å². The third-order valence-corrected chi connectivity index (χ3v) is 5.45. The van der Waals surface area contributed by atoms with Crippen molar-refractivity contribution in [1.82, 2.24) is 16.0 Å². The zero-order valence-corrected chi connectivity index (χ0v) is 21.9. The van der Waals surface area contributed by atoms with E-state index in [0.29, 0.717) is 12.0 Å². The van der Waals surface area contributed by atoms with Crippen LogP contribution in [0.1, 0.15) is 46.1 Å². The fourth-order valence-corrected chi connectivity index (χ4v) is 3.48. The van der Waals surface area contributed by atoms with E-state index < -0.39 is 42.3 Å². The van der Waals surface area contributed by atoms with E-state index >= 15 is 0 Å². The number of primary amides is 1. The Morgan fingerprint density at radius 1 is 1.14 bits per heavy atom. The molecule has 3 amide bonds. The second kappa shape index (κ2) is 15.6. The number of nitrogens with one attached hydrogen (secondary N) is 4. The van der Waals surface area contributed by atoms with E-state index in [2.05, 4.69) is 21.3 Å². The number of aliphatic carboxylic acids is 1. The summed E-state index contributed by atoms with van der Waals surface area (Å²) in [6.07, 6.45) is -1.67. The van der Waals surface area contributed by atoms with Gasteiger partial charge in [0.15, 0.2) is 6.10 Å². The van der Waals surface area contributed by atoms with Crippen LogP contribution in [0.4, 0.5) is 10.5 Å². The second-order valence-corrected chi connectivity index (χ2v) is 8.85. The monoisotopic (exact) mass is 525 g/mol. The van der Waals surface area contributed by atoms with E-state index in [1.807, 2.05) is 13.8 Å². The summed E-state index contributed by atoms with van der Waals surface area (Å²) >= 11 is 0. The van der Waals surface area contributed by atoms with Gasteiger partial charge >= 0.3 is 18.0 Å². The minimum absolute atomic E-state index is 0.0509. The number of nitrogens with two attached hydrogens (primary N) is 1. The van der Waals surface area contributed by atoms with E-state index in [1.54, 1.807) is 13.1 Å². The Morgan fingerprint density at radius 2 is 1.81 bits per heavy atom. The van der Waals surface area contributed by atoms with Crippen molar-refractivity contribution in [2.75, 3.05) is 18.9 Å². The Balaban J connectivity index is 3.16. The number of carbonyl (C=O) groups excluding carboxylic acids is 3. The fraction of sp³-hybridized carbons (Fsp3) is 0.583. The quantitative estimate of drug-likeness (QED) is 0.0905. The molecule has 8 N–H and O–H groups in total. The number of likely N-dealkylation sites (N-methyl/N-ethyl adjacent to an activating group) is 1. The number of carboxylic acids is 1. The normalized spacial score (nSPS) is 14.2. The van der Waals surface area contributed by atoms with Crippen molar-refractivity contribution >= 4 is 29.6 Å². The van der Waals surface area contributed by atoms with Gasteiger partial charge in [-0.05, 0) is 50.4 Å². The highest BCUT2D eigenvalue weighted by molar-refractivity contribution is 5.96. The van der Waals surface area contributed by atoms with Gasteiger partial charge in [-0.25, -0.2) is 9.59 Å². The van der Waals surface area contributed by atoms with Crippen LogP contribution >= 0.6 is 0 Å². The largest absolute Gasteiger partial charge is 0.479 e. The van der Waals surface area contributed by atoms with Gasteiger partial charge in [-0.15, -0.1) is 0 Å². The van der Waals surface area contributed by atoms with Crippen molar-refractivity contribution in [2.45, 2.75) is 71.6 Å². The van der Waals surface area contributed by atoms with Gasteiger partial charge in [-0.3, -0.25) is 14.9 Å². The molecule has 0 aromatic heterocycles. The smallest absolute Gasteiger partial charge is 0.344 e. The summed E-state index contributed by atoms with van der Waals surface area (Å²) in [4.78, 5) is 46.7. The van der Waals surface area contributed by atoms with Crippen molar-refractivity contribution in [1.29, 1.82) is 0 Å². The molecule has 208 valence electrons. The number of anilines is 1. The predicted molar refractivity (Wildman–Crippen MR) is 136 cm³/mol. The van der Waals surface area contributed by atoms with Crippen molar-refractivity contribution < 1.29 is 38.9 Å². The average Bonchev–Trinajstić information content (AvgIpc) is 2.80. The van der Waals surface area contributed by atoms with E-state index in [0.717, 1.165) is 0 Å². The SMILES string of the molecule is CN[C@H](C(C)C)C(O)N[C@H](CCCNC(N)=O)C(=O)Nc1ccc(COC(C)=O)cc1O[C@@H](C)C(=O)O. The van der Waals surface area contributed by atoms with Gasteiger partial charge in [-0.1, -0.05) is 19.9 Å². The lowest BCUT2D eigenvalue weighted by Gasteiger charge is -2.30. The van der Waals surface area contributed by atoms with Crippen LogP contribution in [-0.2, 0) is 25.7 Å². The summed E-state index contributed by atoms with van der Waals surface area (Å²) in [5.41, 5.74) is 5.81. The molecule has 0 aliphatic rings. The van der Waals surface area contributed by atoms with Gasteiger partial charge in [0, 0.05) is 19.5 Å². The summed E-state index contributed by atoms with van der Waals surface area (Å²) in [7, 11) is 1.70. The number of hydrogen-bond acceptors (Lipinski definition) is 9. The molecule has 0 heterocycles. The number of urea groups is 1. The maximum Gasteiger partial charge on any atom is 0.344 e. The predicted octanol–water partition coefficient (Wildman–Crippen LogP) is 0.509. The molecular formula is C24H39N5O8. The van der Waals surface area contributed by atoms with E-state index in [4.69, 9.17) is 15.2 Å². The number of carboxylic acid groups (broad SMARTS) is 1. The summed E-state index contributed by atoms with van der Waals surface area (Å²) in [6.45, 7) is 6.60. The number of esters is 1. The number of benzene rings is 1. The van der Waals surface area contributed by atoms with Gasteiger partial charge in [0.25, 0.3) is 0 Å². The van der Waals surface area contributed by atoms with Crippen LogP contribution in [0.15, 0.2) is 18.2 Å². The second-order valence-electron chi connectivity index (χ2n) is 8.85. The number of hydrogen-bond donors (Lipinski definition) is 7. The van der Waals surface area contributed by atoms with E-state index in [-0.39, 0.29) is 43.0 Å². The highest BCUT2D eigenvalue weighted by Gasteiger charge is 2.28. The Bertz CT molecular complexity index is 926. The molecule has 1 aromatic carbocycles. The summed E-state index contributed by atoms with van der Waals surface area (Å²) in [5, 5.41) is 31.1. The van der Waals surface area contributed by atoms with Crippen LogP contribution in [0.2, 0.25) is 0 Å². The molecule has 4 atom stereocenters. The fourth-order valence-electron chi connectivity index (χ4n) is 3.48. The number of aliphatic hydroxyl groups is 1. The van der Waals surface area contributed by atoms with Crippen LogP contribution in [0, 0.1) is 5.92 Å². The molecule has 0 spiro atoms. The standard InChI is InChI=1S/C24H39N5O8/c1-13(2)20(26-5)22(32)29-18(7-6-10-27-24(25)35)21(31)28-17-9-8-16(12-36-15(4)30)11-19(17)37-14(3)23(33)34/h8-9,11,13-14,18,20,22,26,29,32H,6-7,10,12H2,1-5H3,(H,28,31)(H,33,34)(H3,25,27,35)/t14-,18+,20+,22?/m0/s1. The Hall–Kier alpha value is -3.42. The number of rotatable bonds is 16. The molecule has 1 unspecified atom stereocenters. The average molecular weight is 526 g/mol. The Morgan fingerprint density at radius 3 is 2.35 bits per heavy atom. The van der Waals surface area contributed by atoms with Crippen LogP contribution in [0.25, 0.3) is 0 Å². The third kappa shape index (κ3) is 11.5. The molecule has 1 aromatic rings. The molecule has 0 aliphatic carbocycles. The molecule has 0 saturated carbocycles. The lowest BCUT2D eigenvalue weighted by Crippen LogP contribution is -2.55. The first-order valence-corrected chi connectivity index (χ1v) is 12.0. The van der Waals surface area contributed by atoms with Gasteiger partial charge in [-0.2, -0.15) is 0 Å². The first-order chi connectivity index (χ1) is 17.3. The molecule has 0 aliphatic heterocycles. The highest BCUT2D eigenvalue weighted by Crippen LogP contribution is 2.28. The Labute approximate surface area is 216 Å². The van der Waals surface area contributed by atoms with Crippen LogP contribution in [0.3, 0.4) is 0 Å². The van der Waals surface area contributed by atoms with Crippen LogP contribution in [-0.4, -0.2) is 72.1 Å². The zero-order chi connectivity index (χ0) is 28.1. The number of amides is 3. The molecular weight excluding hydrogens is 486 g/mol. The van der Waals surface area contributed by atoms with Gasteiger partial charge in [0.05, 0.1) is 11.7 Å². The first-order valence-electron chi connectivity index (χ1n) is 12.0. The lowest BCUT2D eigenvalue weighted by molar-refractivity contribution is -0.144. The topological polar surface area (TPSA) is 201 Å². The molecule has 13 heteroatoms. The number of ether oxygens (including phenoxy) is 2. The number of carbonyl (C=O) groups is 4. The van der Waals surface area contributed by atoms with E-state index in [9.17, 15) is 29.4 Å². The molecule has 0 radical (unpaired) electrons. The number of aliphatic hydroxyl groups excluding tert-OH is 1. The first kappa shape index (κ1) is 31.6. The highest BCUT2D eigenvalue weighted by atomic mass is 16.5. The lowest BCUT2D eigenvalue weighted by atomic mass is 10.0. The molecule has 1 rings (SSSR count). The van der Waals surface area contributed by atoms with Crippen LogP contribution in [0.5, 0.6) is 5.75 Å². The van der Waals surface area contributed by atoms with Crippen molar-refractivity contribution in [3.05, 3.63) is 23.8 Å². The van der Waals surface area contributed by atoms with Gasteiger partial charge in [0.2, 0.25) is 5.91 Å². The van der Waals surface area contributed by atoms with E-state index in [1.165, 1.54) is 26.0 Å². The van der Waals surface area contributed by atoms with Gasteiger partial charge < -0.3 is 41.4 Å². The maximum atomic E-state index is 13.3. The molecule has 0 fully saturated rings. The summed E-state index contributed by atoms with van der Waals surface area (Å²) in [5.74, 6) is -2.09. The maximum absolute atomic E-state index is 13.3. The molecule has 37 heavy (non-hydrogen) atoms. The van der Waals surface area contributed by atoms with Gasteiger partial charge in [0.1, 0.15) is 18.6 Å². The summed E-state index contributed by atoms with van der Waals surface area (Å²) in [6, 6.07) is 2.66. The minimum Gasteiger partial charge on any atom is -0.479 e. The third-order valence-electron chi connectivity index (χ3n) is 5.45. The zero-order valence-electron chi connectivity index (χ0n) is 21.9. The van der Waals surface area contributed by atoms with Crippen molar-refractivity contribution in [3.8, 4) is 5.75 Å². The Kier molecular flexibility index (Phi) is 13.4. The summed E-state index contributed by atoms with van der Waals surface area (Å²) < 4.78 is 10.5.